The zero-order chi connectivity index (χ0) is 17.4. The summed E-state index contributed by atoms with van der Waals surface area (Å²) in [6.45, 7) is 0. The predicted molar refractivity (Wildman–Crippen MR) is 70.0 cm³/mol. The molecule has 0 saturated heterocycles. The molecule has 2 aromatic rings. The Labute approximate surface area is 144 Å². The molecule has 0 amide bonds. The standard InChI is InChI=1S/C12H6ClFI.CHF3O3S/c13-7-1-3-11-9(5-7)10-6-8(14)2-4-12(10)15-11;2-1(3,4)8(5,6)7/h1-6H;(H,5,6,7)/q+1;/p-1. The van der Waals surface area contributed by atoms with Gasteiger partial charge >= 0.3 is 26.7 Å². The fraction of sp³-hybridized carbons (Fsp3) is 0.0769. The Balaban J connectivity index is 0.000000207. The van der Waals surface area contributed by atoms with Crippen molar-refractivity contribution >= 4 is 21.7 Å². The van der Waals surface area contributed by atoms with E-state index in [0.29, 0.717) is 0 Å². The Kier molecular flexibility index (Phi) is 5.24. The van der Waals surface area contributed by atoms with E-state index in [2.05, 4.69) is 6.07 Å². The van der Waals surface area contributed by atoms with Crippen molar-refractivity contribution in [1.82, 2.24) is 0 Å². The van der Waals surface area contributed by atoms with Crippen LogP contribution in [0.15, 0.2) is 36.4 Å². The lowest BCUT2D eigenvalue weighted by molar-refractivity contribution is -0.589. The Hall–Kier alpha value is -0.910. The Bertz CT molecular complexity index is 803. The molecule has 0 radical (unpaired) electrons. The molecule has 124 valence electrons. The molecule has 1 aliphatic heterocycles. The van der Waals surface area contributed by atoms with Gasteiger partial charge in [-0.25, -0.2) is 12.8 Å². The number of benzene rings is 2. The van der Waals surface area contributed by atoms with Gasteiger partial charge < -0.3 is 4.55 Å². The van der Waals surface area contributed by atoms with Crippen molar-refractivity contribution < 1.29 is 51.7 Å². The Morgan fingerprint density at radius 2 is 1.48 bits per heavy atom. The molecule has 23 heavy (non-hydrogen) atoms. The first-order valence-electron chi connectivity index (χ1n) is 5.75. The summed E-state index contributed by atoms with van der Waals surface area (Å²) in [5.74, 6) is -0.175. The van der Waals surface area contributed by atoms with E-state index >= 15 is 0 Å². The molecule has 0 atom stereocenters. The average molecular weight is 481 g/mol. The first-order chi connectivity index (χ1) is 10.5. The zero-order valence-corrected chi connectivity index (χ0v) is 14.6. The van der Waals surface area contributed by atoms with Gasteiger partial charge in [0.1, 0.15) is 5.82 Å². The van der Waals surface area contributed by atoms with Crippen LogP contribution in [0.5, 0.6) is 0 Å². The summed E-state index contributed by atoms with van der Waals surface area (Å²) >= 11 is 5.80. The van der Waals surface area contributed by atoms with Crippen molar-refractivity contribution in [1.29, 1.82) is 0 Å². The minimum Gasteiger partial charge on any atom is -0.741 e. The van der Waals surface area contributed by atoms with Crippen molar-refractivity contribution in [2.45, 2.75) is 5.51 Å². The van der Waals surface area contributed by atoms with Crippen molar-refractivity contribution in [2.75, 3.05) is 0 Å². The van der Waals surface area contributed by atoms with Crippen LogP contribution in [-0.2, 0) is 10.1 Å². The third-order valence-electron chi connectivity index (χ3n) is 2.63. The fourth-order valence-electron chi connectivity index (χ4n) is 1.68. The first-order valence-corrected chi connectivity index (χ1v) is 9.70. The Morgan fingerprint density at radius 1 is 1.00 bits per heavy atom. The van der Waals surface area contributed by atoms with Crippen LogP contribution in [0.2, 0.25) is 5.02 Å². The third kappa shape index (κ3) is 4.34. The van der Waals surface area contributed by atoms with Gasteiger partial charge in [-0.2, -0.15) is 13.2 Å². The van der Waals surface area contributed by atoms with Crippen LogP contribution in [0.1, 0.15) is 0 Å². The number of alkyl halides is 3. The number of hydrogen-bond acceptors (Lipinski definition) is 3. The molecule has 0 fully saturated rings. The normalized spacial score (nSPS) is 13.0. The highest BCUT2D eigenvalue weighted by Crippen LogP contribution is 2.26. The maximum atomic E-state index is 13.1. The van der Waals surface area contributed by atoms with Crippen molar-refractivity contribution in [2.24, 2.45) is 0 Å². The molecule has 1 aliphatic rings. The molecule has 0 aliphatic carbocycles. The van der Waals surface area contributed by atoms with Crippen molar-refractivity contribution in [3.63, 3.8) is 0 Å². The summed E-state index contributed by atoms with van der Waals surface area (Å²) in [5, 5.41) is 0.717. The number of fused-ring (bicyclic) bond motifs is 3. The van der Waals surface area contributed by atoms with Crippen LogP contribution < -0.4 is 21.2 Å². The maximum Gasteiger partial charge on any atom is 0.485 e. The molecule has 3 nitrogen and oxygen atoms in total. The lowest BCUT2D eigenvalue weighted by Gasteiger charge is -2.08. The topological polar surface area (TPSA) is 57.2 Å². The summed E-state index contributed by atoms with van der Waals surface area (Å²) in [6, 6.07) is 10.9. The summed E-state index contributed by atoms with van der Waals surface area (Å²) in [7, 11) is -6.09. The second kappa shape index (κ2) is 6.54. The van der Waals surface area contributed by atoms with Crippen LogP contribution in [0.4, 0.5) is 17.6 Å². The SMILES string of the molecule is Fc1ccc2c(c1)-c1cc(Cl)ccc1[I+]2.O=S(=O)([O-])C(F)(F)F. The largest absolute Gasteiger partial charge is 0.741 e. The zero-order valence-electron chi connectivity index (χ0n) is 10.9. The average Bonchev–Trinajstić information content (AvgIpc) is 2.75. The highest BCUT2D eigenvalue weighted by Gasteiger charge is 2.37. The van der Waals surface area contributed by atoms with Crippen LogP contribution in [0.3, 0.4) is 0 Å². The molecule has 0 saturated carbocycles. The fourth-order valence-corrected chi connectivity index (χ4v) is 4.67. The van der Waals surface area contributed by atoms with E-state index in [0.717, 1.165) is 16.1 Å². The van der Waals surface area contributed by atoms with Gasteiger partial charge in [0.05, 0.1) is 0 Å². The smallest absolute Gasteiger partial charge is 0.485 e. The van der Waals surface area contributed by atoms with E-state index in [1.54, 1.807) is 6.07 Å². The summed E-state index contributed by atoms with van der Waals surface area (Å²) in [5.41, 5.74) is -3.50. The van der Waals surface area contributed by atoms with Crippen LogP contribution >= 0.6 is 11.6 Å². The molecular formula is C13H6ClF4IO3S. The first kappa shape index (κ1) is 18.4. The van der Waals surface area contributed by atoms with E-state index in [1.807, 2.05) is 18.2 Å². The predicted octanol–water partition coefficient (Wildman–Crippen LogP) is 0.639. The number of rotatable bonds is 0. The van der Waals surface area contributed by atoms with E-state index in [1.165, 1.54) is 13.2 Å². The third-order valence-corrected chi connectivity index (χ3v) is 6.48. The van der Waals surface area contributed by atoms with Crippen LogP contribution in [0, 0.1) is 13.0 Å². The summed E-state index contributed by atoms with van der Waals surface area (Å²) in [6.07, 6.45) is 0. The minimum atomic E-state index is -6.09. The van der Waals surface area contributed by atoms with Crippen molar-refractivity contribution in [3.05, 3.63) is 54.4 Å². The van der Waals surface area contributed by atoms with Crippen LogP contribution in [0.25, 0.3) is 11.1 Å². The molecule has 2 aromatic carbocycles. The van der Waals surface area contributed by atoms with Gasteiger partial charge in [-0.05, 0) is 36.4 Å². The van der Waals surface area contributed by atoms with Gasteiger partial charge in [0.25, 0.3) is 0 Å². The highest BCUT2D eigenvalue weighted by molar-refractivity contribution is 7.86. The lowest BCUT2D eigenvalue weighted by atomic mass is 10.1. The molecule has 3 rings (SSSR count). The second-order valence-electron chi connectivity index (χ2n) is 4.24. The summed E-state index contributed by atoms with van der Waals surface area (Å²) < 4.78 is 74.7. The molecule has 10 heteroatoms. The quantitative estimate of drug-likeness (QED) is 0.205. The minimum absolute atomic E-state index is 0.148. The van der Waals surface area contributed by atoms with Gasteiger partial charge in [0, 0.05) is 16.1 Å². The van der Waals surface area contributed by atoms with Gasteiger partial charge in [-0.3, -0.25) is 0 Å². The number of halogens is 6. The monoisotopic (exact) mass is 480 g/mol. The van der Waals surface area contributed by atoms with Crippen LogP contribution in [-0.4, -0.2) is 18.5 Å². The van der Waals surface area contributed by atoms with Gasteiger partial charge in [-0.15, -0.1) is 0 Å². The van der Waals surface area contributed by atoms with Gasteiger partial charge in [0.2, 0.25) is 7.14 Å². The molecule has 1 heterocycles. The van der Waals surface area contributed by atoms with E-state index < -0.39 is 15.6 Å². The molecule has 0 N–H and O–H groups in total. The van der Waals surface area contributed by atoms with E-state index in [9.17, 15) is 17.6 Å². The molecule has 0 spiro atoms. The molecule has 0 bridgehead atoms. The molecular weight excluding hydrogens is 475 g/mol. The van der Waals surface area contributed by atoms with Crippen molar-refractivity contribution in [3.8, 4) is 11.1 Å². The molecule has 0 aromatic heterocycles. The molecule has 0 unspecified atom stereocenters. The Morgan fingerprint density at radius 3 is 2.00 bits per heavy atom. The highest BCUT2D eigenvalue weighted by atomic mass is 127. The summed E-state index contributed by atoms with van der Waals surface area (Å²) in [4.78, 5) is 0. The van der Waals surface area contributed by atoms with E-state index in [4.69, 9.17) is 24.6 Å². The maximum absolute atomic E-state index is 13.1. The van der Waals surface area contributed by atoms with E-state index in [-0.39, 0.29) is 27.0 Å². The van der Waals surface area contributed by atoms with Gasteiger partial charge in [0.15, 0.2) is 10.1 Å². The second-order valence-corrected chi connectivity index (χ2v) is 8.91. The lowest BCUT2D eigenvalue weighted by Crippen LogP contribution is -3.61. The van der Waals surface area contributed by atoms with Gasteiger partial charge in [-0.1, -0.05) is 11.6 Å². The number of hydrogen-bond donors (Lipinski definition) is 0.